The molecule has 2 aromatic rings. The number of ether oxygens (including phenoxy) is 1. The predicted molar refractivity (Wildman–Crippen MR) is 85.3 cm³/mol. The lowest BCUT2D eigenvalue weighted by Crippen LogP contribution is -2.11. The second-order valence-corrected chi connectivity index (χ2v) is 5.11. The Morgan fingerprint density at radius 2 is 1.80 bits per heavy atom. The Balaban J connectivity index is 2.38. The number of nitrogens with one attached hydrogen (secondary N) is 1. The fourth-order valence-electron chi connectivity index (χ4n) is 2.41. The number of rotatable bonds is 5. The van der Waals surface area contributed by atoms with Crippen LogP contribution in [0.5, 0.6) is 5.75 Å². The summed E-state index contributed by atoms with van der Waals surface area (Å²) in [6.07, 6.45) is 0. The van der Waals surface area contributed by atoms with Gasteiger partial charge >= 0.3 is 0 Å². The van der Waals surface area contributed by atoms with E-state index in [1.165, 1.54) is 27.8 Å². The quantitative estimate of drug-likeness (QED) is 0.882. The Labute approximate surface area is 121 Å². The van der Waals surface area contributed by atoms with E-state index in [9.17, 15) is 0 Å². The van der Waals surface area contributed by atoms with Crippen molar-refractivity contribution >= 4 is 0 Å². The van der Waals surface area contributed by atoms with Crippen molar-refractivity contribution in [3.63, 3.8) is 0 Å². The third-order valence-corrected chi connectivity index (χ3v) is 3.59. The molecule has 0 unspecified atom stereocenters. The standard InChI is InChI=1S/C18H23NO/c1-5-19-12-15-7-6-13(2)17(11-15)16-8-9-18(20-4)14(3)10-16/h6-11,19H,5,12H2,1-4H3. The SMILES string of the molecule is CCNCc1ccc(C)c(-c2ccc(OC)c(C)c2)c1. The maximum absolute atomic E-state index is 5.33. The zero-order valence-corrected chi connectivity index (χ0v) is 12.8. The van der Waals surface area contributed by atoms with E-state index in [4.69, 9.17) is 4.74 Å². The molecule has 2 aromatic carbocycles. The van der Waals surface area contributed by atoms with E-state index in [-0.39, 0.29) is 0 Å². The van der Waals surface area contributed by atoms with Gasteiger partial charge in [0.1, 0.15) is 5.75 Å². The minimum Gasteiger partial charge on any atom is -0.496 e. The van der Waals surface area contributed by atoms with Crippen molar-refractivity contribution in [2.45, 2.75) is 27.3 Å². The molecule has 0 aliphatic heterocycles. The number of methoxy groups -OCH3 is 1. The van der Waals surface area contributed by atoms with E-state index in [1.54, 1.807) is 7.11 Å². The first kappa shape index (κ1) is 14.6. The minimum atomic E-state index is 0.916. The smallest absolute Gasteiger partial charge is 0.121 e. The van der Waals surface area contributed by atoms with Crippen LogP contribution in [0, 0.1) is 13.8 Å². The average Bonchev–Trinajstić information content (AvgIpc) is 2.46. The maximum atomic E-state index is 5.33. The lowest BCUT2D eigenvalue weighted by atomic mass is 9.96. The molecular weight excluding hydrogens is 246 g/mol. The number of hydrogen-bond donors (Lipinski definition) is 1. The lowest BCUT2D eigenvalue weighted by Gasteiger charge is -2.12. The summed E-state index contributed by atoms with van der Waals surface area (Å²) < 4.78 is 5.33. The topological polar surface area (TPSA) is 21.3 Å². The zero-order chi connectivity index (χ0) is 14.5. The average molecular weight is 269 g/mol. The van der Waals surface area contributed by atoms with Gasteiger partial charge in [-0.05, 0) is 66.4 Å². The van der Waals surface area contributed by atoms with Gasteiger partial charge in [0.2, 0.25) is 0 Å². The Morgan fingerprint density at radius 3 is 2.45 bits per heavy atom. The highest BCUT2D eigenvalue weighted by Crippen LogP contribution is 2.29. The number of aryl methyl sites for hydroxylation is 2. The molecule has 2 heteroatoms. The summed E-state index contributed by atoms with van der Waals surface area (Å²) in [5.41, 5.74) is 6.34. The molecule has 0 radical (unpaired) electrons. The summed E-state index contributed by atoms with van der Waals surface area (Å²) in [7, 11) is 1.71. The molecule has 0 saturated carbocycles. The molecule has 1 N–H and O–H groups in total. The van der Waals surface area contributed by atoms with Crippen LogP contribution in [0.1, 0.15) is 23.6 Å². The van der Waals surface area contributed by atoms with Crippen LogP contribution in [-0.4, -0.2) is 13.7 Å². The first-order valence-electron chi connectivity index (χ1n) is 7.11. The van der Waals surface area contributed by atoms with Gasteiger partial charge in [-0.2, -0.15) is 0 Å². The van der Waals surface area contributed by atoms with Crippen LogP contribution in [-0.2, 0) is 6.54 Å². The van der Waals surface area contributed by atoms with Gasteiger partial charge in [0.15, 0.2) is 0 Å². The molecule has 0 amide bonds. The molecular formula is C18H23NO. The zero-order valence-electron chi connectivity index (χ0n) is 12.8. The molecule has 0 aliphatic carbocycles. The van der Waals surface area contributed by atoms with Crippen LogP contribution in [0.4, 0.5) is 0 Å². The van der Waals surface area contributed by atoms with Gasteiger partial charge < -0.3 is 10.1 Å². The van der Waals surface area contributed by atoms with Gasteiger partial charge in [0.05, 0.1) is 7.11 Å². The molecule has 0 aromatic heterocycles. The van der Waals surface area contributed by atoms with E-state index in [2.05, 4.69) is 56.4 Å². The molecule has 20 heavy (non-hydrogen) atoms. The van der Waals surface area contributed by atoms with E-state index in [0.29, 0.717) is 0 Å². The first-order valence-corrected chi connectivity index (χ1v) is 7.11. The Bertz CT molecular complexity index is 590. The molecule has 0 spiro atoms. The van der Waals surface area contributed by atoms with Crippen molar-refractivity contribution in [2.75, 3.05) is 13.7 Å². The highest BCUT2D eigenvalue weighted by Gasteiger charge is 2.06. The van der Waals surface area contributed by atoms with Crippen molar-refractivity contribution in [1.29, 1.82) is 0 Å². The molecule has 0 fully saturated rings. The van der Waals surface area contributed by atoms with E-state index in [0.717, 1.165) is 18.8 Å². The summed E-state index contributed by atoms with van der Waals surface area (Å²) in [6.45, 7) is 8.28. The molecule has 0 aliphatic rings. The molecule has 0 heterocycles. The van der Waals surface area contributed by atoms with Crippen LogP contribution < -0.4 is 10.1 Å². The second-order valence-electron chi connectivity index (χ2n) is 5.11. The molecule has 2 nitrogen and oxygen atoms in total. The summed E-state index contributed by atoms with van der Waals surface area (Å²) in [5.74, 6) is 0.940. The third kappa shape index (κ3) is 3.20. The largest absolute Gasteiger partial charge is 0.496 e. The highest BCUT2D eigenvalue weighted by molar-refractivity contribution is 5.69. The fraction of sp³-hybridized carbons (Fsp3) is 0.333. The second kappa shape index (κ2) is 6.58. The summed E-state index contributed by atoms with van der Waals surface area (Å²) in [6, 6.07) is 13.0. The highest BCUT2D eigenvalue weighted by atomic mass is 16.5. The van der Waals surface area contributed by atoms with Crippen molar-refractivity contribution in [3.05, 3.63) is 53.1 Å². The molecule has 106 valence electrons. The molecule has 0 atom stereocenters. The maximum Gasteiger partial charge on any atom is 0.121 e. The number of benzene rings is 2. The predicted octanol–water partition coefficient (Wildman–Crippen LogP) is 4.09. The Morgan fingerprint density at radius 1 is 1.00 bits per heavy atom. The van der Waals surface area contributed by atoms with Gasteiger partial charge in [0, 0.05) is 6.54 Å². The Kier molecular flexibility index (Phi) is 4.80. The summed E-state index contributed by atoms with van der Waals surface area (Å²) in [4.78, 5) is 0. The van der Waals surface area contributed by atoms with Crippen molar-refractivity contribution < 1.29 is 4.74 Å². The molecule has 2 rings (SSSR count). The molecule has 0 saturated heterocycles. The monoisotopic (exact) mass is 269 g/mol. The summed E-state index contributed by atoms with van der Waals surface area (Å²) >= 11 is 0. The fourth-order valence-corrected chi connectivity index (χ4v) is 2.41. The first-order chi connectivity index (χ1) is 9.65. The van der Waals surface area contributed by atoms with E-state index in [1.807, 2.05) is 6.07 Å². The van der Waals surface area contributed by atoms with Crippen molar-refractivity contribution in [1.82, 2.24) is 5.32 Å². The van der Waals surface area contributed by atoms with Gasteiger partial charge in [-0.15, -0.1) is 0 Å². The lowest BCUT2D eigenvalue weighted by molar-refractivity contribution is 0.412. The molecule has 0 bridgehead atoms. The third-order valence-electron chi connectivity index (χ3n) is 3.59. The van der Waals surface area contributed by atoms with E-state index >= 15 is 0 Å². The minimum absolute atomic E-state index is 0.916. The number of hydrogen-bond acceptors (Lipinski definition) is 2. The van der Waals surface area contributed by atoms with Gasteiger partial charge in [0.25, 0.3) is 0 Å². The normalized spacial score (nSPS) is 10.6. The van der Waals surface area contributed by atoms with Crippen LogP contribution in [0.15, 0.2) is 36.4 Å². The van der Waals surface area contributed by atoms with E-state index < -0.39 is 0 Å². The van der Waals surface area contributed by atoms with Crippen LogP contribution in [0.25, 0.3) is 11.1 Å². The van der Waals surface area contributed by atoms with Crippen molar-refractivity contribution in [2.24, 2.45) is 0 Å². The van der Waals surface area contributed by atoms with Gasteiger partial charge in [-0.3, -0.25) is 0 Å². The van der Waals surface area contributed by atoms with Crippen LogP contribution in [0.3, 0.4) is 0 Å². The van der Waals surface area contributed by atoms with Crippen LogP contribution in [0.2, 0.25) is 0 Å². The van der Waals surface area contributed by atoms with Gasteiger partial charge in [-0.25, -0.2) is 0 Å². The summed E-state index contributed by atoms with van der Waals surface area (Å²) in [5, 5.41) is 3.37. The Hall–Kier alpha value is -1.80. The van der Waals surface area contributed by atoms with Crippen LogP contribution >= 0.6 is 0 Å². The van der Waals surface area contributed by atoms with Gasteiger partial charge in [-0.1, -0.05) is 25.1 Å². The van der Waals surface area contributed by atoms with Crippen molar-refractivity contribution in [3.8, 4) is 16.9 Å².